The summed E-state index contributed by atoms with van der Waals surface area (Å²) in [7, 11) is 4.48. The molecule has 0 bridgehead atoms. The highest BCUT2D eigenvalue weighted by Gasteiger charge is 2.36. The maximum absolute atomic E-state index is 13.6. The molecule has 0 fully saturated rings. The number of nitrogens with zero attached hydrogens (tertiary/aromatic N) is 1. The van der Waals surface area contributed by atoms with E-state index in [-0.39, 0.29) is 12.3 Å². The molecule has 3 aromatic rings. The summed E-state index contributed by atoms with van der Waals surface area (Å²) in [6.45, 7) is 2.32. The number of benzene rings is 2. The molecule has 2 aromatic carbocycles. The number of carbonyl (C=O) groups is 2. The molecule has 0 saturated heterocycles. The van der Waals surface area contributed by atoms with E-state index >= 15 is 0 Å². The topological polar surface area (TPSA) is 78.2 Å². The molecule has 7 heteroatoms. The summed E-state index contributed by atoms with van der Waals surface area (Å²) < 4.78 is 21.7. The van der Waals surface area contributed by atoms with Crippen LogP contribution in [0.1, 0.15) is 39.7 Å². The van der Waals surface area contributed by atoms with Crippen LogP contribution in [-0.4, -0.2) is 44.7 Å². The molecule has 1 atom stereocenters. The SMILES string of the molecule is COC(=O)C[C@H]1c2cc(OC)c(OC)cc2CCN1C(=O)c1oc2ccccc2c1C. The summed E-state index contributed by atoms with van der Waals surface area (Å²) in [5, 5.41) is 0.902. The summed E-state index contributed by atoms with van der Waals surface area (Å²) in [5.41, 5.74) is 3.31. The molecule has 1 aliphatic heterocycles. The Morgan fingerprint density at radius 3 is 2.48 bits per heavy atom. The summed E-state index contributed by atoms with van der Waals surface area (Å²) in [5.74, 6) is 0.811. The van der Waals surface area contributed by atoms with Crippen LogP contribution in [0, 0.1) is 6.92 Å². The van der Waals surface area contributed by atoms with Gasteiger partial charge in [0.05, 0.1) is 33.8 Å². The average molecular weight is 423 g/mol. The molecular formula is C24H25NO6. The third-order valence-electron chi connectivity index (χ3n) is 5.89. The number of esters is 1. The molecule has 0 saturated carbocycles. The molecule has 31 heavy (non-hydrogen) atoms. The van der Waals surface area contributed by atoms with Crippen molar-refractivity contribution in [2.75, 3.05) is 27.9 Å². The molecule has 7 nitrogen and oxygen atoms in total. The Kier molecular flexibility index (Phi) is 5.59. The molecule has 162 valence electrons. The Labute approximate surface area is 180 Å². The standard InChI is InChI=1S/C24H25NO6/c1-14-16-7-5-6-8-19(16)31-23(14)24(27)25-10-9-15-11-20(28-2)21(29-3)12-17(15)18(25)13-22(26)30-4/h5-8,11-12,18H,9-10,13H2,1-4H3/t18-/m0/s1. The average Bonchev–Trinajstić information content (AvgIpc) is 3.14. The third kappa shape index (κ3) is 3.60. The lowest BCUT2D eigenvalue weighted by Crippen LogP contribution is -2.41. The number of aryl methyl sites for hydroxylation is 1. The Morgan fingerprint density at radius 2 is 1.81 bits per heavy atom. The number of para-hydroxylation sites is 1. The number of ether oxygens (including phenoxy) is 3. The first-order chi connectivity index (χ1) is 15.0. The van der Waals surface area contributed by atoms with Crippen LogP contribution < -0.4 is 9.47 Å². The molecule has 1 aromatic heterocycles. The van der Waals surface area contributed by atoms with E-state index in [1.54, 1.807) is 19.1 Å². The fourth-order valence-electron chi connectivity index (χ4n) is 4.24. The Morgan fingerprint density at radius 1 is 1.10 bits per heavy atom. The zero-order valence-corrected chi connectivity index (χ0v) is 18.1. The van der Waals surface area contributed by atoms with Crippen molar-refractivity contribution in [3.05, 3.63) is 58.8 Å². The fourth-order valence-corrected chi connectivity index (χ4v) is 4.24. The molecule has 2 heterocycles. The predicted molar refractivity (Wildman–Crippen MR) is 115 cm³/mol. The van der Waals surface area contributed by atoms with Crippen molar-refractivity contribution in [2.24, 2.45) is 0 Å². The van der Waals surface area contributed by atoms with Crippen molar-refractivity contribution in [2.45, 2.75) is 25.8 Å². The van der Waals surface area contributed by atoms with Gasteiger partial charge in [-0.1, -0.05) is 18.2 Å². The van der Waals surface area contributed by atoms with Gasteiger partial charge in [0.15, 0.2) is 17.3 Å². The highest BCUT2D eigenvalue weighted by Crippen LogP contribution is 2.40. The first-order valence-corrected chi connectivity index (χ1v) is 10.1. The van der Waals surface area contributed by atoms with Gasteiger partial charge < -0.3 is 23.5 Å². The van der Waals surface area contributed by atoms with Gasteiger partial charge in [0, 0.05) is 17.5 Å². The van der Waals surface area contributed by atoms with E-state index in [1.807, 2.05) is 43.3 Å². The smallest absolute Gasteiger partial charge is 0.307 e. The van der Waals surface area contributed by atoms with Crippen LogP contribution in [0.3, 0.4) is 0 Å². The Bertz CT molecular complexity index is 1150. The third-order valence-corrected chi connectivity index (χ3v) is 5.89. The van der Waals surface area contributed by atoms with Gasteiger partial charge >= 0.3 is 5.97 Å². The number of carbonyl (C=O) groups excluding carboxylic acids is 2. The molecule has 0 aliphatic carbocycles. The zero-order valence-electron chi connectivity index (χ0n) is 18.1. The van der Waals surface area contributed by atoms with Gasteiger partial charge in [0.1, 0.15) is 5.58 Å². The van der Waals surface area contributed by atoms with E-state index < -0.39 is 12.0 Å². The van der Waals surface area contributed by atoms with Crippen LogP contribution in [0.15, 0.2) is 40.8 Å². The minimum absolute atomic E-state index is 0.0317. The van der Waals surface area contributed by atoms with E-state index in [2.05, 4.69) is 0 Å². The van der Waals surface area contributed by atoms with Gasteiger partial charge in [-0.15, -0.1) is 0 Å². The Balaban J connectivity index is 1.78. The predicted octanol–water partition coefficient (Wildman–Crippen LogP) is 4.06. The molecule has 0 unspecified atom stereocenters. The minimum atomic E-state index is -0.504. The van der Waals surface area contributed by atoms with E-state index in [9.17, 15) is 9.59 Å². The van der Waals surface area contributed by atoms with Gasteiger partial charge in [-0.05, 0) is 42.7 Å². The Hall–Kier alpha value is -3.48. The summed E-state index contributed by atoms with van der Waals surface area (Å²) in [4.78, 5) is 27.5. The molecule has 0 N–H and O–H groups in total. The highest BCUT2D eigenvalue weighted by atomic mass is 16.5. The van der Waals surface area contributed by atoms with Gasteiger partial charge in [0.2, 0.25) is 0 Å². The monoisotopic (exact) mass is 423 g/mol. The van der Waals surface area contributed by atoms with Crippen LogP contribution in [0.5, 0.6) is 11.5 Å². The maximum atomic E-state index is 13.6. The van der Waals surface area contributed by atoms with E-state index in [0.29, 0.717) is 35.8 Å². The lowest BCUT2D eigenvalue weighted by Gasteiger charge is -2.37. The molecule has 0 spiro atoms. The van der Waals surface area contributed by atoms with Crippen LogP contribution in [-0.2, 0) is 16.0 Å². The number of fused-ring (bicyclic) bond motifs is 2. The number of rotatable bonds is 5. The second kappa shape index (κ2) is 8.34. The summed E-state index contributed by atoms with van der Waals surface area (Å²) >= 11 is 0. The molecule has 0 radical (unpaired) electrons. The van der Waals surface area contributed by atoms with Crippen LogP contribution >= 0.6 is 0 Å². The number of methoxy groups -OCH3 is 3. The van der Waals surface area contributed by atoms with E-state index in [0.717, 1.165) is 22.1 Å². The number of amides is 1. The highest BCUT2D eigenvalue weighted by molar-refractivity contribution is 5.99. The van der Waals surface area contributed by atoms with Crippen molar-refractivity contribution < 1.29 is 28.2 Å². The largest absolute Gasteiger partial charge is 0.493 e. The van der Waals surface area contributed by atoms with Gasteiger partial charge in [0.25, 0.3) is 5.91 Å². The molecular weight excluding hydrogens is 398 g/mol. The second-order valence-corrected chi connectivity index (χ2v) is 7.50. The van der Waals surface area contributed by atoms with Gasteiger partial charge in [-0.2, -0.15) is 0 Å². The summed E-state index contributed by atoms with van der Waals surface area (Å²) in [6.07, 6.45) is 0.655. The number of hydrogen-bond donors (Lipinski definition) is 0. The van der Waals surface area contributed by atoms with Gasteiger partial charge in [-0.3, -0.25) is 9.59 Å². The van der Waals surface area contributed by atoms with Crippen LogP contribution in [0.4, 0.5) is 0 Å². The second-order valence-electron chi connectivity index (χ2n) is 7.50. The first-order valence-electron chi connectivity index (χ1n) is 10.1. The molecule has 1 aliphatic rings. The first kappa shape index (κ1) is 20.8. The van der Waals surface area contributed by atoms with Crippen molar-refractivity contribution in [1.29, 1.82) is 0 Å². The summed E-state index contributed by atoms with van der Waals surface area (Å²) in [6, 6.07) is 10.8. The van der Waals surface area contributed by atoms with Crippen LogP contribution in [0.25, 0.3) is 11.0 Å². The van der Waals surface area contributed by atoms with E-state index in [4.69, 9.17) is 18.6 Å². The van der Waals surface area contributed by atoms with Crippen molar-refractivity contribution in [3.63, 3.8) is 0 Å². The zero-order chi connectivity index (χ0) is 22.1. The minimum Gasteiger partial charge on any atom is -0.493 e. The molecule has 1 amide bonds. The lowest BCUT2D eigenvalue weighted by molar-refractivity contribution is -0.141. The normalized spacial score (nSPS) is 15.5. The van der Waals surface area contributed by atoms with Crippen molar-refractivity contribution in [1.82, 2.24) is 4.90 Å². The lowest BCUT2D eigenvalue weighted by atomic mass is 9.89. The maximum Gasteiger partial charge on any atom is 0.307 e. The number of furan rings is 1. The quantitative estimate of drug-likeness (QED) is 0.576. The van der Waals surface area contributed by atoms with Crippen LogP contribution in [0.2, 0.25) is 0 Å². The van der Waals surface area contributed by atoms with E-state index in [1.165, 1.54) is 7.11 Å². The van der Waals surface area contributed by atoms with Gasteiger partial charge in [-0.25, -0.2) is 0 Å². The fraction of sp³-hybridized carbons (Fsp3) is 0.333. The van der Waals surface area contributed by atoms with Crippen molar-refractivity contribution >= 4 is 22.8 Å². The van der Waals surface area contributed by atoms with Crippen molar-refractivity contribution in [3.8, 4) is 11.5 Å². The number of hydrogen-bond acceptors (Lipinski definition) is 6. The molecule has 4 rings (SSSR count).